The van der Waals surface area contributed by atoms with Crippen LogP contribution in [-0.4, -0.2) is 33.4 Å². The molecular weight excluding hydrogens is 310 g/mol. The zero-order valence-corrected chi connectivity index (χ0v) is 12.2. The highest BCUT2D eigenvalue weighted by Crippen LogP contribution is 2.35. The van der Waals surface area contributed by atoms with Gasteiger partial charge in [0.05, 0.1) is 5.69 Å². The van der Waals surface area contributed by atoms with Gasteiger partial charge in [0, 0.05) is 17.2 Å². The summed E-state index contributed by atoms with van der Waals surface area (Å²) in [6, 6.07) is 11.9. The molecule has 2 heterocycles. The van der Waals surface area contributed by atoms with E-state index in [1.165, 1.54) is 4.68 Å². The number of carbonyl (C=O) groups excluding carboxylic acids is 2. The van der Waals surface area contributed by atoms with E-state index in [0.717, 1.165) is 0 Å². The number of hydrogen-bond donors (Lipinski definition) is 0. The SMILES string of the molecule is O=C1c2ccccc2C(=O)c2c1nnn2-c1ccc2c(c1)OCO2. The first-order valence-corrected chi connectivity index (χ1v) is 7.28. The van der Waals surface area contributed by atoms with E-state index < -0.39 is 0 Å². The fourth-order valence-electron chi connectivity index (χ4n) is 2.97. The van der Waals surface area contributed by atoms with E-state index in [1.807, 2.05) is 0 Å². The first-order valence-electron chi connectivity index (χ1n) is 7.28. The maximum absolute atomic E-state index is 12.8. The van der Waals surface area contributed by atoms with Crippen LogP contribution in [-0.2, 0) is 0 Å². The van der Waals surface area contributed by atoms with Crippen LogP contribution in [0.2, 0.25) is 0 Å². The quantitative estimate of drug-likeness (QED) is 0.532. The van der Waals surface area contributed by atoms with Crippen molar-refractivity contribution in [3.63, 3.8) is 0 Å². The molecule has 0 saturated carbocycles. The van der Waals surface area contributed by atoms with Gasteiger partial charge in [0.2, 0.25) is 18.4 Å². The van der Waals surface area contributed by atoms with Gasteiger partial charge in [-0.1, -0.05) is 29.5 Å². The van der Waals surface area contributed by atoms with Gasteiger partial charge in [-0.05, 0) is 12.1 Å². The highest BCUT2D eigenvalue weighted by atomic mass is 16.7. The largest absolute Gasteiger partial charge is 0.454 e. The van der Waals surface area contributed by atoms with Crippen LogP contribution < -0.4 is 9.47 Å². The zero-order valence-electron chi connectivity index (χ0n) is 12.2. The molecule has 7 heteroatoms. The molecule has 1 aromatic heterocycles. The highest BCUT2D eigenvalue weighted by molar-refractivity contribution is 6.27. The van der Waals surface area contributed by atoms with Crippen LogP contribution >= 0.6 is 0 Å². The maximum Gasteiger partial charge on any atom is 0.231 e. The molecule has 0 amide bonds. The summed E-state index contributed by atoms with van der Waals surface area (Å²) in [5, 5.41) is 7.93. The van der Waals surface area contributed by atoms with Gasteiger partial charge in [0.1, 0.15) is 5.69 Å². The number of fused-ring (bicyclic) bond motifs is 3. The molecule has 1 aliphatic carbocycles. The molecule has 24 heavy (non-hydrogen) atoms. The Morgan fingerprint density at radius 1 is 0.917 bits per heavy atom. The average Bonchev–Trinajstić information content (AvgIpc) is 3.25. The number of hydrogen-bond acceptors (Lipinski definition) is 6. The van der Waals surface area contributed by atoms with Crippen molar-refractivity contribution in [3.05, 3.63) is 65.0 Å². The number of rotatable bonds is 1. The number of ether oxygens (including phenoxy) is 2. The summed E-state index contributed by atoms with van der Waals surface area (Å²) in [7, 11) is 0. The lowest BCUT2D eigenvalue weighted by molar-refractivity contribution is 0.0972. The van der Waals surface area contributed by atoms with Crippen molar-refractivity contribution in [1.82, 2.24) is 15.0 Å². The number of aromatic nitrogens is 3. The molecule has 0 atom stereocenters. The van der Waals surface area contributed by atoms with Crippen molar-refractivity contribution in [2.75, 3.05) is 6.79 Å². The van der Waals surface area contributed by atoms with Crippen molar-refractivity contribution in [2.24, 2.45) is 0 Å². The molecule has 7 nitrogen and oxygen atoms in total. The molecule has 0 saturated heterocycles. The molecule has 5 rings (SSSR count). The first kappa shape index (κ1) is 13.0. The molecule has 1 aliphatic heterocycles. The summed E-state index contributed by atoms with van der Waals surface area (Å²) in [6.45, 7) is 0.152. The molecule has 0 unspecified atom stereocenters. The lowest BCUT2D eigenvalue weighted by Crippen LogP contribution is -2.22. The fraction of sp³-hybridized carbons (Fsp3) is 0.0588. The molecule has 2 aromatic carbocycles. The van der Waals surface area contributed by atoms with E-state index in [4.69, 9.17) is 9.47 Å². The van der Waals surface area contributed by atoms with Crippen molar-refractivity contribution in [2.45, 2.75) is 0 Å². The number of ketones is 2. The van der Waals surface area contributed by atoms with E-state index in [-0.39, 0.29) is 29.7 Å². The van der Waals surface area contributed by atoms with Gasteiger partial charge >= 0.3 is 0 Å². The van der Waals surface area contributed by atoms with Crippen LogP contribution in [0, 0.1) is 0 Å². The van der Waals surface area contributed by atoms with Crippen LogP contribution in [0.1, 0.15) is 32.1 Å². The van der Waals surface area contributed by atoms with Crippen molar-refractivity contribution in [3.8, 4) is 17.2 Å². The van der Waals surface area contributed by atoms with Crippen LogP contribution in [0.4, 0.5) is 0 Å². The second kappa shape index (κ2) is 4.51. The van der Waals surface area contributed by atoms with Gasteiger partial charge in [0.15, 0.2) is 17.2 Å². The van der Waals surface area contributed by atoms with Crippen LogP contribution in [0.5, 0.6) is 11.5 Å². The fourth-order valence-corrected chi connectivity index (χ4v) is 2.97. The van der Waals surface area contributed by atoms with Crippen LogP contribution in [0.15, 0.2) is 42.5 Å². The van der Waals surface area contributed by atoms with E-state index in [9.17, 15) is 9.59 Å². The molecule has 0 radical (unpaired) electrons. The molecule has 0 spiro atoms. The first-order chi connectivity index (χ1) is 11.7. The molecule has 0 bridgehead atoms. The molecular formula is C17H9N3O4. The molecule has 3 aromatic rings. The Balaban J connectivity index is 1.71. The summed E-state index contributed by atoms with van der Waals surface area (Å²) in [4.78, 5) is 25.4. The Kier molecular flexibility index (Phi) is 2.44. The average molecular weight is 319 g/mol. The summed E-state index contributed by atoms with van der Waals surface area (Å²) >= 11 is 0. The lowest BCUT2D eigenvalue weighted by Gasteiger charge is -2.14. The summed E-state index contributed by atoms with van der Waals surface area (Å²) in [5.41, 5.74) is 1.52. The second-order valence-corrected chi connectivity index (χ2v) is 5.44. The molecule has 2 aliphatic rings. The Morgan fingerprint density at radius 2 is 1.67 bits per heavy atom. The second-order valence-electron chi connectivity index (χ2n) is 5.44. The third kappa shape index (κ3) is 1.60. The van der Waals surface area contributed by atoms with Gasteiger partial charge in [-0.25, -0.2) is 4.68 Å². The number of benzene rings is 2. The summed E-state index contributed by atoms with van der Waals surface area (Å²) < 4.78 is 12.0. The predicted octanol–water partition coefficient (Wildman–Crippen LogP) is 1.77. The Labute approximate surface area is 135 Å². The third-order valence-electron chi connectivity index (χ3n) is 4.12. The van der Waals surface area contributed by atoms with Crippen LogP contribution in [0.3, 0.4) is 0 Å². The highest BCUT2D eigenvalue weighted by Gasteiger charge is 2.35. The Hall–Kier alpha value is -3.48. The van der Waals surface area contributed by atoms with Crippen molar-refractivity contribution in [1.29, 1.82) is 0 Å². The van der Waals surface area contributed by atoms with Crippen LogP contribution in [0.25, 0.3) is 5.69 Å². The molecule has 0 fully saturated rings. The van der Waals surface area contributed by atoms with Gasteiger partial charge in [-0.2, -0.15) is 0 Å². The minimum absolute atomic E-state index is 0.0661. The number of carbonyl (C=O) groups is 2. The van der Waals surface area contributed by atoms with E-state index in [2.05, 4.69) is 10.3 Å². The minimum Gasteiger partial charge on any atom is -0.454 e. The standard InChI is InChI=1S/C17H9N3O4/c21-16-10-3-1-2-4-11(10)17(22)15-14(16)18-19-20(15)9-5-6-12-13(7-9)24-8-23-12/h1-7H,8H2. The Bertz CT molecular complexity index is 1040. The zero-order chi connectivity index (χ0) is 16.3. The van der Waals surface area contributed by atoms with Gasteiger partial charge in [-0.3, -0.25) is 9.59 Å². The third-order valence-corrected chi connectivity index (χ3v) is 4.12. The molecule has 116 valence electrons. The smallest absolute Gasteiger partial charge is 0.231 e. The normalized spacial score (nSPS) is 14.5. The Morgan fingerprint density at radius 3 is 2.50 bits per heavy atom. The topological polar surface area (TPSA) is 83.3 Å². The van der Waals surface area contributed by atoms with Crippen molar-refractivity contribution < 1.29 is 19.1 Å². The monoisotopic (exact) mass is 319 g/mol. The van der Waals surface area contributed by atoms with E-state index >= 15 is 0 Å². The van der Waals surface area contributed by atoms with Gasteiger partial charge in [0.25, 0.3) is 0 Å². The molecule has 0 N–H and O–H groups in total. The van der Waals surface area contributed by atoms with Gasteiger partial charge < -0.3 is 9.47 Å². The van der Waals surface area contributed by atoms with E-state index in [1.54, 1.807) is 42.5 Å². The lowest BCUT2D eigenvalue weighted by atomic mass is 9.90. The van der Waals surface area contributed by atoms with Crippen molar-refractivity contribution >= 4 is 11.6 Å². The summed E-state index contributed by atoms with van der Waals surface area (Å²) in [6.07, 6.45) is 0. The summed E-state index contributed by atoms with van der Waals surface area (Å²) in [5.74, 6) is 0.613. The maximum atomic E-state index is 12.8. The van der Waals surface area contributed by atoms with Gasteiger partial charge in [-0.15, -0.1) is 5.10 Å². The predicted molar refractivity (Wildman–Crippen MR) is 80.8 cm³/mol. The number of nitrogens with zero attached hydrogens (tertiary/aromatic N) is 3. The van der Waals surface area contributed by atoms with E-state index in [0.29, 0.717) is 28.3 Å². The minimum atomic E-state index is -0.299.